The second kappa shape index (κ2) is 11.0. The number of anilines is 1. The van der Waals surface area contributed by atoms with Gasteiger partial charge in [-0.15, -0.1) is 0 Å². The summed E-state index contributed by atoms with van der Waals surface area (Å²) >= 11 is 0. The highest BCUT2D eigenvalue weighted by Gasteiger charge is 2.62. The van der Waals surface area contributed by atoms with Gasteiger partial charge >= 0.3 is 0 Å². The van der Waals surface area contributed by atoms with E-state index in [0.717, 1.165) is 6.42 Å². The highest BCUT2D eigenvalue weighted by Crippen LogP contribution is 2.53. The normalized spacial score (nSPS) is 32.0. The van der Waals surface area contributed by atoms with E-state index in [1.807, 2.05) is 13.8 Å². The maximum absolute atomic E-state index is 16.1. The number of phenolic OH excluding ortho intramolecular Hbond substituents is 1. The number of nitrogens with zero attached hydrogens (tertiary/aromatic N) is 1. The van der Waals surface area contributed by atoms with Gasteiger partial charge in [0.1, 0.15) is 23.3 Å². The molecule has 1 aliphatic heterocycles. The zero-order chi connectivity index (χ0) is 30.8. The van der Waals surface area contributed by atoms with Crippen LogP contribution in [0.15, 0.2) is 0 Å². The average molecular weight is 585 g/mol. The zero-order valence-corrected chi connectivity index (χ0v) is 24.2. The summed E-state index contributed by atoms with van der Waals surface area (Å²) in [7, 11) is 1.69. The molecule has 1 aromatic carbocycles. The molecule has 0 radical (unpaired) electrons. The first kappa shape index (κ1) is 30.0. The number of likely N-dealkylation sites (N-methyl/N-ethyl adjacent to an activating group) is 1. The number of hydrogen-bond acceptors (Lipinski definition) is 9. The van der Waals surface area contributed by atoms with Gasteiger partial charge in [0.25, 0.3) is 0 Å². The van der Waals surface area contributed by atoms with E-state index in [2.05, 4.69) is 10.6 Å². The largest absolute Gasteiger partial charge is 0.505 e. The fourth-order valence-electron chi connectivity index (χ4n) is 7.92. The molecule has 8 atom stereocenters. The number of primary amides is 1. The van der Waals surface area contributed by atoms with E-state index in [4.69, 9.17) is 5.73 Å². The first-order valence-electron chi connectivity index (χ1n) is 14.6. The highest BCUT2D eigenvalue weighted by molar-refractivity contribution is 6.18. The number of hydrogen-bond donors (Lipinski definition) is 4. The van der Waals surface area contributed by atoms with Crippen molar-refractivity contribution in [2.24, 2.45) is 41.2 Å². The van der Waals surface area contributed by atoms with Crippen molar-refractivity contribution in [1.29, 1.82) is 0 Å². The van der Waals surface area contributed by atoms with E-state index < -0.39 is 94.1 Å². The highest BCUT2D eigenvalue weighted by atomic mass is 19.1. The SMILES string of the molecule is CCCNC1Cc2c(F)c3c(c(O)c2NC1=O)C(=O)C1C(=O)C2C(CC1C3)C(N(C)CC)C(=O)C(C(N)=O)C2C(C)=O. The number of benzene rings is 1. The van der Waals surface area contributed by atoms with Gasteiger partial charge in [-0.25, -0.2) is 4.39 Å². The molecule has 4 aliphatic rings. The molecule has 8 unspecified atom stereocenters. The van der Waals surface area contributed by atoms with Gasteiger partial charge in [-0.2, -0.15) is 0 Å². The van der Waals surface area contributed by atoms with Crippen LogP contribution in [0.5, 0.6) is 5.75 Å². The summed E-state index contributed by atoms with van der Waals surface area (Å²) in [6.07, 6.45) is 0.849. The van der Waals surface area contributed by atoms with E-state index in [1.54, 1.807) is 11.9 Å². The Labute approximate surface area is 242 Å². The topological polar surface area (TPSA) is 176 Å². The Morgan fingerprint density at radius 3 is 2.40 bits per heavy atom. The van der Waals surface area contributed by atoms with Crippen LogP contribution in [0, 0.1) is 41.3 Å². The first-order valence-corrected chi connectivity index (χ1v) is 14.6. The van der Waals surface area contributed by atoms with Crippen molar-refractivity contribution in [3.05, 3.63) is 22.5 Å². The number of carbonyl (C=O) groups is 6. The van der Waals surface area contributed by atoms with Crippen molar-refractivity contribution in [3.8, 4) is 5.75 Å². The molecular weight excluding hydrogens is 547 g/mol. The maximum atomic E-state index is 16.1. The van der Waals surface area contributed by atoms with Crippen molar-refractivity contribution in [3.63, 3.8) is 0 Å². The number of phenols is 1. The molecule has 2 saturated carbocycles. The van der Waals surface area contributed by atoms with Crippen LogP contribution in [0.4, 0.5) is 10.1 Å². The van der Waals surface area contributed by atoms with Gasteiger partial charge in [-0.3, -0.25) is 33.7 Å². The standard InChI is InChI=1S/C30H37FN4O7/c1-5-7-33-16-10-15-22(31)13-8-12-9-14-19(17(11(3)36)21(29(32)41)28(40)24(14)35(4)6-2)25(37)18(12)26(38)20(13)27(39)23(15)34-30(16)42/h12,14,16-19,21,24,33,39H,5-10H2,1-4H3,(H2,32,41)(H,34,42). The van der Waals surface area contributed by atoms with Crippen LogP contribution < -0.4 is 16.4 Å². The van der Waals surface area contributed by atoms with Gasteiger partial charge in [-0.1, -0.05) is 13.8 Å². The fraction of sp³-hybridized carbons (Fsp3) is 0.600. The molecule has 0 aromatic heterocycles. The minimum atomic E-state index is -1.52. The van der Waals surface area contributed by atoms with Crippen LogP contribution in [0.25, 0.3) is 0 Å². The first-order chi connectivity index (χ1) is 19.8. The summed E-state index contributed by atoms with van der Waals surface area (Å²) in [6, 6.07) is -1.61. The van der Waals surface area contributed by atoms with Gasteiger partial charge in [0.15, 0.2) is 17.3 Å². The number of aromatic hydroxyl groups is 1. The second-order valence-corrected chi connectivity index (χ2v) is 12.1. The Morgan fingerprint density at radius 2 is 1.81 bits per heavy atom. The number of Topliss-reactive ketones (excluding diaryl/α,β-unsaturated/α-hetero) is 4. The summed E-state index contributed by atoms with van der Waals surface area (Å²) in [5, 5.41) is 16.8. The Hall–Kier alpha value is -3.51. The molecule has 226 valence electrons. The molecule has 3 aliphatic carbocycles. The van der Waals surface area contributed by atoms with E-state index in [1.165, 1.54) is 6.92 Å². The quantitative estimate of drug-likeness (QED) is 0.267. The Kier molecular flexibility index (Phi) is 7.82. The lowest BCUT2D eigenvalue weighted by Gasteiger charge is -2.52. The Balaban J connectivity index is 1.61. The number of nitrogens with two attached hydrogens (primary N) is 1. The van der Waals surface area contributed by atoms with Crippen LogP contribution in [0.1, 0.15) is 55.1 Å². The van der Waals surface area contributed by atoms with Gasteiger partial charge in [-0.05, 0) is 58.2 Å². The molecule has 5 N–H and O–H groups in total. The third kappa shape index (κ3) is 4.38. The summed E-state index contributed by atoms with van der Waals surface area (Å²) < 4.78 is 16.1. The number of carbonyl (C=O) groups excluding carboxylic acids is 6. The number of fused-ring (bicyclic) bond motifs is 4. The third-order valence-corrected chi connectivity index (χ3v) is 9.86. The number of nitrogens with one attached hydrogen (secondary N) is 2. The van der Waals surface area contributed by atoms with Crippen LogP contribution in [0.3, 0.4) is 0 Å². The van der Waals surface area contributed by atoms with E-state index in [0.29, 0.717) is 13.1 Å². The van der Waals surface area contributed by atoms with Crippen LogP contribution >= 0.6 is 0 Å². The summed E-state index contributed by atoms with van der Waals surface area (Å²) in [6.45, 7) is 5.88. The number of ketones is 4. The molecule has 2 amide bonds. The minimum absolute atomic E-state index is 0.0187. The van der Waals surface area contributed by atoms with Crippen molar-refractivity contribution >= 4 is 40.6 Å². The molecule has 2 fully saturated rings. The molecule has 1 aromatic rings. The van der Waals surface area contributed by atoms with E-state index in [9.17, 15) is 33.9 Å². The fourth-order valence-corrected chi connectivity index (χ4v) is 7.92. The lowest BCUT2D eigenvalue weighted by molar-refractivity contribution is -0.160. The number of rotatable bonds is 7. The van der Waals surface area contributed by atoms with E-state index >= 15 is 4.39 Å². The third-order valence-electron chi connectivity index (χ3n) is 9.86. The molecule has 0 bridgehead atoms. The van der Waals surface area contributed by atoms with Crippen molar-refractivity contribution in [2.75, 3.05) is 25.5 Å². The average Bonchev–Trinajstić information content (AvgIpc) is 2.93. The predicted octanol–water partition coefficient (Wildman–Crippen LogP) is 0.780. The van der Waals surface area contributed by atoms with Crippen LogP contribution in [0.2, 0.25) is 0 Å². The minimum Gasteiger partial charge on any atom is -0.505 e. The maximum Gasteiger partial charge on any atom is 0.241 e. The van der Waals surface area contributed by atoms with Crippen molar-refractivity contribution < 1.29 is 38.3 Å². The van der Waals surface area contributed by atoms with Crippen LogP contribution in [-0.2, 0) is 36.8 Å². The van der Waals surface area contributed by atoms with Gasteiger partial charge in [0.05, 0.1) is 29.3 Å². The molecule has 1 heterocycles. The van der Waals surface area contributed by atoms with Gasteiger partial charge in [0.2, 0.25) is 11.8 Å². The van der Waals surface area contributed by atoms with Gasteiger partial charge in [0, 0.05) is 29.4 Å². The molecule has 0 spiro atoms. The molecule has 0 saturated heterocycles. The molecule has 42 heavy (non-hydrogen) atoms. The van der Waals surface area contributed by atoms with Crippen molar-refractivity contribution in [2.45, 2.75) is 58.5 Å². The smallest absolute Gasteiger partial charge is 0.241 e. The van der Waals surface area contributed by atoms with Gasteiger partial charge < -0.3 is 21.5 Å². The molecule has 5 rings (SSSR count). The van der Waals surface area contributed by atoms with Crippen LogP contribution in [-0.4, -0.2) is 77.2 Å². The predicted molar refractivity (Wildman–Crippen MR) is 148 cm³/mol. The molecule has 12 heteroatoms. The second-order valence-electron chi connectivity index (χ2n) is 12.1. The zero-order valence-electron chi connectivity index (χ0n) is 24.2. The Morgan fingerprint density at radius 1 is 1.12 bits per heavy atom. The number of amides is 2. The lowest BCUT2D eigenvalue weighted by Crippen LogP contribution is -2.65. The Bertz CT molecular complexity index is 1410. The van der Waals surface area contributed by atoms with E-state index in [-0.39, 0.29) is 41.6 Å². The lowest BCUT2D eigenvalue weighted by atomic mass is 9.51. The monoisotopic (exact) mass is 584 g/mol. The summed E-state index contributed by atoms with van der Waals surface area (Å²) in [5.41, 5.74) is 5.15. The molecule has 11 nitrogen and oxygen atoms in total. The summed E-state index contributed by atoms with van der Waals surface area (Å²) in [5.74, 6) is -11.9. The number of halogens is 1. The molecular formula is C30H37FN4O7. The summed E-state index contributed by atoms with van der Waals surface area (Å²) in [4.78, 5) is 81.6. The van der Waals surface area contributed by atoms with Crippen molar-refractivity contribution in [1.82, 2.24) is 10.2 Å².